The van der Waals surface area contributed by atoms with Crippen LogP contribution in [0.5, 0.6) is 0 Å². The maximum atomic E-state index is 12.2. The summed E-state index contributed by atoms with van der Waals surface area (Å²) in [5, 5.41) is 0. The molecule has 7 heteroatoms. The number of morpholine rings is 1. The summed E-state index contributed by atoms with van der Waals surface area (Å²) in [5.74, 6) is 1.94. The highest BCUT2D eigenvalue weighted by Crippen LogP contribution is 2.18. The molecule has 0 atom stereocenters. The average molecular weight is 413 g/mol. The first kappa shape index (κ1) is 20.9. The zero-order chi connectivity index (χ0) is 21.1. The monoisotopic (exact) mass is 412 g/mol. The maximum absolute atomic E-state index is 12.2. The third-order valence-corrected chi connectivity index (χ3v) is 5.97. The van der Waals surface area contributed by atoms with Crippen molar-refractivity contribution in [2.75, 3.05) is 39.4 Å². The number of rotatable bonds is 8. The summed E-state index contributed by atoms with van der Waals surface area (Å²) < 4.78 is 14.7. The van der Waals surface area contributed by atoms with E-state index in [1.54, 1.807) is 9.13 Å². The van der Waals surface area contributed by atoms with E-state index in [1.807, 2.05) is 27.1 Å². The van der Waals surface area contributed by atoms with Crippen molar-refractivity contribution in [1.29, 1.82) is 0 Å². The molecule has 1 aliphatic rings. The second-order valence-corrected chi connectivity index (χ2v) is 8.25. The molecular weight excluding hydrogens is 380 g/mol. The van der Waals surface area contributed by atoms with Gasteiger partial charge < -0.3 is 9.15 Å². The molecule has 162 valence electrons. The number of hydrogen-bond acceptors (Lipinski definition) is 5. The van der Waals surface area contributed by atoms with Crippen molar-refractivity contribution in [3.8, 4) is 0 Å². The number of aryl methyl sites for hydroxylation is 3. The Hall–Kier alpha value is -2.35. The van der Waals surface area contributed by atoms with Crippen molar-refractivity contribution in [2.45, 2.75) is 26.4 Å². The van der Waals surface area contributed by atoms with Crippen LogP contribution in [0, 0.1) is 6.92 Å². The number of aromatic nitrogens is 2. The topological polar surface area (TPSA) is 55.8 Å². The van der Waals surface area contributed by atoms with Crippen LogP contribution in [0.3, 0.4) is 0 Å². The highest BCUT2D eigenvalue weighted by atomic mass is 16.5. The highest BCUT2D eigenvalue weighted by Gasteiger charge is 2.14. The Bertz CT molecular complexity index is 1040. The number of ether oxygens (including phenoxy) is 1. The maximum Gasteiger partial charge on any atom is 0.328 e. The molecular formula is C23H32N4O3. The minimum Gasteiger partial charge on any atom is -0.465 e. The average Bonchev–Trinajstić information content (AvgIpc) is 3.25. The summed E-state index contributed by atoms with van der Waals surface area (Å²) in [7, 11) is 3.65. The molecule has 0 spiro atoms. The molecule has 0 aliphatic carbocycles. The fourth-order valence-electron chi connectivity index (χ4n) is 4.26. The molecule has 0 saturated carbocycles. The predicted molar refractivity (Wildman–Crippen MR) is 118 cm³/mol. The van der Waals surface area contributed by atoms with Gasteiger partial charge in [-0.15, -0.1) is 0 Å². The molecule has 1 aromatic carbocycles. The molecule has 0 radical (unpaired) electrons. The summed E-state index contributed by atoms with van der Waals surface area (Å²) >= 11 is 0. The van der Waals surface area contributed by atoms with Crippen LogP contribution in [0.4, 0.5) is 0 Å². The van der Waals surface area contributed by atoms with Gasteiger partial charge in [0.15, 0.2) is 0 Å². The second-order valence-electron chi connectivity index (χ2n) is 8.25. The van der Waals surface area contributed by atoms with E-state index in [0.717, 1.165) is 81.5 Å². The first-order chi connectivity index (χ1) is 14.5. The van der Waals surface area contributed by atoms with Crippen LogP contribution in [0.1, 0.15) is 23.5 Å². The van der Waals surface area contributed by atoms with Crippen LogP contribution in [-0.4, -0.2) is 58.3 Å². The van der Waals surface area contributed by atoms with E-state index in [4.69, 9.17) is 9.15 Å². The molecule has 0 bridgehead atoms. The van der Waals surface area contributed by atoms with Crippen molar-refractivity contribution < 1.29 is 9.15 Å². The van der Waals surface area contributed by atoms with Gasteiger partial charge in [-0.1, -0.05) is 6.07 Å². The van der Waals surface area contributed by atoms with Gasteiger partial charge in [0.25, 0.3) is 0 Å². The van der Waals surface area contributed by atoms with Crippen LogP contribution in [0.15, 0.2) is 39.5 Å². The number of fused-ring (bicyclic) bond motifs is 1. The minimum absolute atomic E-state index is 0.00979. The fourth-order valence-corrected chi connectivity index (χ4v) is 4.26. The number of furan rings is 1. The Morgan fingerprint density at radius 1 is 1.00 bits per heavy atom. The molecule has 3 aromatic rings. The zero-order valence-electron chi connectivity index (χ0n) is 18.3. The van der Waals surface area contributed by atoms with E-state index in [2.05, 4.69) is 34.1 Å². The van der Waals surface area contributed by atoms with Gasteiger partial charge in [0.2, 0.25) is 0 Å². The van der Waals surface area contributed by atoms with Crippen molar-refractivity contribution in [1.82, 2.24) is 18.9 Å². The molecule has 30 heavy (non-hydrogen) atoms. The second kappa shape index (κ2) is 9.20. The molecule has 1 aliphatic heterocycles. The van der Waals surface area contributed by atoms with E-state index in [0.29, 0.717) is 0 Å². The fraction of sp³-hybridized carbons (Fsp3) is 0.522. The van der Waals surface area contributed by atoms with Crippen molar-refractivity contribution >= 4 is 11.0 Å². The standard InChI is InChI=1S/C23H32N4O3/c1-18-5-7-20(30-18)17-27(10-4-9-26-11-13-29-14-12-26)16-19-6-8-21-22(15-19)25(3)23(28)24(21)2/h5-8,15H,4,9-14,16-17H2,1-3H3. The molecule has 1 saturated heterocycles. The van der Waals surface area contributed by atoms with Crippen molar-refractivity contribution in [3.05, 3.63) is 57.9 Å². The quantitative estimate of drug-likeness (QED) is 0.569. The predicted octanol–water partition coefficient (Wildman–Crippen LogP) is 2.50. The largest absolute Gasteiger partial charge is 0.465 e. The first-order valence-electron chi connectivity index (χ1n) is 10.7. The molecule has 0 N–H and O–H groups in total. The third kappa shape index (κ3) is 4.69. The highest BCUT2D eigenvalue weighted by molar-refractivity contribution is 5.76. The number of benzene rings is 1. The molecule has 4 rings (SSSR count). The van der Waals surface area contributed by atoms with Gasteiger partial charge in [-0.2, -0.15) is 0 Å². The third-order valence-electron chi connectivity index (χ3n) is 5.97. The Morgan fingerprint density at radius 3 is 2.50 bits per heavy atom. The van der Waals surface area contributed by atoms with Crippen LogP contribution < -0.4 is 5.69 Å². The first-order valence-corrected chi connectivity index (χ1v) is 10.7. The molecule has 0 amide bonds. The zero-order valence-corrected chi connectivity index (χ0v) is 18.3. The summed E-state index contributed by atoms with van der Waals surface area (Å²) in [4.78, 5) is 17.2. The summed E-state index contributed by atoms with van der Waals surface area (Å²) in [6.45, 7) is 9.38. The smallest absolute Gasteiger partial charge is 0.328 e. The summed E-state index contributed by atoms with van der Waals surface area (Å²) in [6, 6.07) is 10.4. The van der Waals surface area contributed by atoms with Gasteiger partial charge in [-0.3, -0.25) is 18.9 Å². The van der Waals surface area contributed by atoms with E-state index in [-0.39, 0.29) is 5.69 Å². The Morgan fingerprint density at radius 2 is 1.77 bits per heavy atom. The van der Waals surface area contributed by atoms with Crippen LogP contribution in [0.25, 0.3) is 11.0 Å². The molecule has 0 unspecified atom stereocenters. The van der Waals surface area contributed by atoms with Crippen LogP contribution in [0.2, 0.25) is 0 Å². The Labute approximate surface area is 177 Å². The molecule has 2 aromatic heterocycles. The lowest BCUT2D eigenvalue weighted by molar-refractivity contribution is 0.0358. The lowest BCUT2D eigenvalue weighted by atomic mass is 10.1. The summed E-state index contributed by atoms with van der Waals surface area (Å²) in [6.07, 6.45) is 1.10. The van der Waals surface area contributed by atoms with E-state index in [9.17, 15) is 4.79 Å². The van der Waals surface area contributed by atoms with E-state index < -0.39 is 0 Å². The van der Waals surface area contributed by atoms with Gasteiger partial charge in [0.1, 0.15) is 11.5 Å². The Balaban J connectivity index is 1.47. The van der Waals surface area contributed by atoms with E-state index in [1.165, 1.54) is 5.56 Å². The normalized spacial score (nSPS) is 15.5. The van der Waals surface area contributed by atoms with Gasteiger partial charge in [-0.05, 0) is 49.7 Å². The SMILES string of the molecule is Cc1ccc(CN(CCCN2CCOCC2)Cc2ccc3c(c2)n(C)c(=O)n3C)o1. The number of imidazole rings is 1. The minimum atomic E-state index is 0.00979. The number of hydrogen-bond donors (Lipinski definition) is 0. The number of nitrogens with zero attached hydrogens (tertiary/aromatic N) is 4. The molecule has 1 fully saturated rings. The van der Waals surface area contributed by atoms with Crippen LogP contribution >= 0.6 is 0 Å². The van der Waals surface area contributed by atoms with Crippen molar-refractivity contribution in [3.63, 3.8) is 0 Å². The lowest BCUT2D eigenvalue weighted by Crippen LogP contribution is -2.38. The molecule has 7 nitrogen and oxygen atoms in total. The van der Waals surface area contributed by atoms with E-state index >= 15 is 0 Å². The van der Waals surface area contributed by atoms with Gasteiger partial charge >= 0.3 is 5.69 Å². The van der Waals surface area contributed by atoms with Crippen LogP contribution in [-0.2, 0) is 31.9 Å². The molecule has 3 heterocycles. The van der Waals surface area contributed by atoms with Gasteiger partial charge in [-0.25, -0.2) is 4.79 Å². The van der Waals surface area contributed by atoms with Gasteiger partial charge in [0, 0.05) is 40.3 Å². The van der Waals surface area contributed by atoms with Gasteiger partial charge in [0.05, 0.1) is 30.8 Å². The summed E-state index contributed by atoms with van der Waals surface area (Å²) in [5.41, 5.74) is 3.16. The van der Waals surface area contributed by atoms with Crippen molar-refractivity contribution in [2.24, 2.45) is 14.1 Å². The Kier molecular flexibility index (Phi) is 6.41. The lowest BCUT2D eigenvalue weighted by Gasteiger charge is -2.28.